The topological polar surface area (TPSA) is 69.8 Å². The fourth-order valence-electron chi connectivity index (χ4n) is 1.04. The average Bonchev–Trinajstić information content (AvgIpc) is 2.52. The SMILES string of the molecule is CCCNCC(=O)Nc1[nH]ncc1C. The van der Waals surface area contributed by atoms with Gasteiger partial charge in [-0.2, -0.15) is 5.10 Å². The zero-order chi connectivity index (χ0) is 10.4. The molecule has 1 aromatic rings. The lowest BCUT2D eigenvalue weighted by atomic mass is 10.4. The highest BCUT2D eigenvalue weighted by molar-refractivity contribution is 5.91. The van der Waals surface area contributed by atoms with Gasteiger partial charge >= 0.3 is 0 Å². The maximum atomic E-state index is 11.3. The first-order valence-electron chi connectivity index (χ1n) is 4.74. The minimum atomic E-state index is -0.0502. The van der Waals surface area contributed by atoms with Gasteiger partial charge in [-0.05, 0) is 19.9 Å². The Labute approximate surface area is 83.3 Å². The number of nitrogens with one attached hydrogen (secondary N) is 3. The molecule has 0 fully saturated rings. The summed E-state index contributed by atoms with van der Waals surface area (Å²) in [7, 11) is 0. The van der Waals surface area contributed by atoms with Crippen molar-refractivity contribution in [2.75, 3.05) is 18.4 Å². The minimum absolute atomic E-state index is 0.0502. The average molecular weight is 196 g/mol. The zero-order valence-corrected chi connectivity index (χ0v) is 8.55. The van der Waals surface area contributed by atoms with Crippen LogP contribution in [-0.4, -0.2) is 29.2 Å². The normalized spacial score (nSPS) is 10.1. The van der Waals surface area contributed by atoms with E-state index in [1.54, 1.807) is 6.20 Å². The molecule has 3 N–H and O–H groups in total. The molecule has 1 rings (SSSR count). The number of anilines is 1. The lowest BCUT2D eigenvalue weighted by molar-refractivity contribution is -0.115. The van der Waals surface area contributed by atoms with E-state index in [1.165, 1.54) is 0 Å². The van der Waals surface area contributed by atoms with E-state index in [0.29, 0.717) is 12.4 Å². The summed E-state index contributed by atoms with van der Waals surface area (Å²) in [6.07, 6.45) is 2.70. The Morgan fingerprint density at radius 2 is 2.43 bits per heavy atom. The van der Waals surface area contributed by atoms with Crippen molar-refractivity contribution in [1.29, 1.82) is 0 Å². The summed E-state index contributed by atoms with van der Waals surface area (Å²) < 4.78 is 0. The van der Waals surface area contributed by atoms with Crippen molar-refractivity contribution < 1.29 is 4.79 Å². The molecule has 1 amide bonds. The van der Waals surface area contributed by atoms with Crippen LogP contribution in [0.4, 0.5) is 5.82 Å². The van der Waals surface area contributed by atoms with Crippen molar-refractivity contribution in [2.45, 2.75) is 20.3 Å². The summed E-state index contributed by atoms with van der Waals surface area (Å²) in [5, 5.41) is 12.3. The van der Waals surface area contributed by atoms with E-state index in [0.717, 1.165) is 18.5 Å². The molecule has 5 heteroatoms. The Morgan fingerprint density at radius 3 is 3.00 bits per heavy atom. The number of rotatable bonds is 5. The van der Waals surface area contributed by atoms with Crippen LogP contribution in [0, 0.1) is 6.92 Å². The van der Waals surface area contributed by atoms with Crippen molar-refractivity contribution in [3.63, 3.8) is 0 Å². The Morgan fingerprint density at radius 1 is 1.64 bits per heavy atom. The second kappa shape index (κ2) is 5.39. The third kappa shape index (κ3) is 3.18. The number of aromatic amines is 1. The number of carbonyl (C=O) groups is 1. The van der Waals surface area contributed by atoms with Gasteiger partial charge in [-0.1, -0.05) is 6.92 Å². The number of aromatic nitrogens is 2. The summed E-state index contributed by atoms with van der Waals surface area (Å²) in [5.74, 6) is 0.624. The lowest BCUT2D eigenvalue weighted by Gasteiger charge is -2.04. The van der Waals surface area contributed by atoms with E-state index in [-0.39, 0.29) is 5.91 Å². The van der Waals surface area contributed by atoms with Crippen LogP contribution in [0.2, 0.25) is 0 Å². The molecule has 0 spiro atoms. The van der Waals surface area contributed by atoms with Crippen LogP contribution in [-0.2, 0) is 4.79 Å². The van der Waals surface area contributed by atoms with E-state index in [4.69, 9.17) is 0 Å². The van der Waals surface area contributed by atoms with Gasteiger partial charge < -0.3 is 10.6 Å². The molecule has 0 radical (unpaired) electrons. The molecule has 0 aliphatic carbocycles. The highest BCUT2D eigenvalue weighted by Gasteiger charge is 2.04. The molecule has 0 atom stereocenters. The van der Waals surface area contributed by atoms with Crippen LogP contribution in [0.1, 0.15) is 18.9 Å². The number of amides is 1. The molecule has 0 bridgehead atoms. The van der Waals surface area contributed by atoms with Crippen molar-refractivity contribution in [3.05, 3.63) is 11.8 Å². The van der Waals surface area contributed by atoms with Gasteiger partial charge in [0, 0.05) is 5.56 Å². The first-order valence-corrected chi connectivity index (χ1v) is 4.74. The van der Waals surface area contributed by atoms with E-state index < -0.39 is 0 Å². The first kappa shape index (κ1) is 10.7. The molecule has 0 aliphatic rings. The van der Waals surface area contributed by atoms with Crippen LogP contribution in [0.25, 0.3) is 0 Å². The molecular weight excluding hydrogens is 180 g/mol. The molecule has 0 saturated heterocycles. The lowest BCUT2D eigenvalue weighted by Crippen LogP contribution is -2.28. The van der Waals surface area contributed by atoms with Crippen LogP contribution in [0.3, 0.4) is 0 Å². The molecule has 1 aromatic heterocycles. The molecule has 0 saturated carbocycles. The Bertz CT molecular complexity index is 295. The van der Waals surface area contributed by atoms with E-state index >= 15 is 0 Å². The summed E-state index contributed by atoms with van der Waals surface area (Å²) in [6, 6.07) is 0. The van der Waals surface area contributed by atoms with Crippen molar-refractivity contribution in [2.24, 2.45) is 0 Å². The summed E-state index contributed by atoms with van der Waals surface area (Å²) in [4.78, 5) is 11.3. The van der Waals surface area contributed by atoms with Gasteiger partial charge in [0.15, 0.2) is 0 Å². The molecule has 78 valence electrons. The third-order valence-electron chi connectivity index (χ3n) is 1.81. The second-order valence-corrected chi connectivity index (χ2v) is 3.15. The molecule has 0 unspecified atom stereocenters. The minimum Gasteiger partial charge on any atom is -0.310 e. The van der Waals surface area contributed by atoms with Crippen LogP contribution in [0.15, 0.2) is 6.20 Å². The maximum absolute atomic E-state index is 11.3. The van der Waals surface area contributed by atoms with Gasteiger partial charge in [0.1, 0.15) is 5.82 Å². The number of hydrogen-bond acceptors (Lipinski definition) is 3. The summed E-state index contributed by atoms with van der Waals surface area (Å²) in [5.41, 5.74) is 0.939. The van der Waals surface area contributed by atoms with Crippen LogP contribution < -0.4 is 10.6 Å². The van der Waals surface area contributed by atoms with E-state index in [1.807, 2.05) is 6.92 Å². The monoisotopic (exact) mass is 196 g/mol. The third-order valence-corrected chi connectivity index (χ3v) is 1.81. The number of aryl methyl sites for hydroxylation is 1. The van der Waals surface area contributed by atoms with Gasteiger partial charge in [0.2, 0.25) is 5.91 Å². The standard InChI is InChI=1S/C9H16N4O/c1-3-4-10-6-8(14)12-9-7(2)5-11-13-9/h5,10H,3-4,6H2,1-2H3,(H2,11,12,13,14). The van der Waals surface area contributed by atoms with E-state index in [2.05, 4.69) is 27.8 Å². The van der Waals surface area contributed by atoms with Gasteiger partial charge in [0.05, 0.1) is 12.7 Å². The maximum Gasteiger partial charge on any atom is 0.239 e. The predicted octanol–water partition coefficient (Wildman–Crippen LogP) is 0.656. The van der Waals surface area contributed by atoms with Crippen molar-refractivity contribution in [1.82, 2.24) is 15.5 Å². The van der Waals surface area contributed by atoms with Gasteiger partial charge in [0.25, 0.3) is 0 Å². The van der Waals surface area contributed by atoms with Crippen LogP contribution in [0.5, 0.6) is 0 Å². The Hall–Kier alpha value is -1.36. The number of H-pyrrole nitrogens is 1. The Kier molecular flexibility index (Phi) is 4.12. The van der Waals surface area contributed by atoms with Gasteiger partial charge in [-0.15, -0.1) is 0 Å². The largest absolute Gasteiger partial charge is 0.310 e. The second-order valence-electron chi connectivity index (χ2n) is 3.15. The highest BCUT2D eigenvalue weighted by Crippen LogP contribution is 2.07. The van der Waals surface area contributed by atoms with Gasteiger partial charge in [-0.25, -0.2) is 0 Å². The summed E-state index contributed by atoms with van der Waals surface area (Å²) in [6.45, 7) is 5.14. The smallest absolute Gasteiger partial charge is 0.239 e. The number of carbonyl (C=O) groups excluding carboxylic acids is 1. The number of hydrogen-bond donors (Lipinski definition) is 3. The molecule has 0 aliphatic heterocycles. The fourth-order valence-corrected chi connectivity index (χ4v) is 1.04. The molecule has 5 nitrogen and oxygen atoms in total. The zero-order valence-electron chi connectivity index (χ0n) is 8.55. The van der Waals surface area contributed by atoms with E-state index in [9.17, 15) is 4.79 Å². The Balaban J connectivity index is 2.31. The first-order chi connectivity index (χ1) is 6.74. The van der Waals surface area contributed by atoms with Crippen molar-refractivity contribution >= 4 is 11.7 Å². The fraction of sp³-hybridized carbons (Fsp3) is 0.556. The quantitative estimate of drug-likeness (QED) is 0.606. The van der Waals surface area contributed by atoms with Crippen molar-refractivity contribution in [3.8, 4) is 0 Å². The van der Waals surface area contributed by atoms with Gasteiger partial charge in [-0.3, -0.25) is 9.89 Å². The highest BCUT2D eigenvalue weighted by atomic mass is 16.2. The predicted molar refractivity (Wildman–Crippen MR) is 55.1 cm³/mol. The molecular formula is C9H16N4O. The van der Waals surface area contributed by atoms with Crippen LogP contribution >= 0.6 is 0 Å². The molecule has 14 heavy (non-hydrogen) atoms. The summed E-state index contributed by atoms with van der Waals surface area (Å²) >= 11 is 0. The molecule has 1 heterocycles. The molecule has 0 aromatic carbocycles. The number of nitrogens with zero attached hydrogens (tertiary/aromatic N) is 1.